The van der Waals surface area contributed by atoms with Gasteiger partial charge in [0.2, 0.25) is 0 Å². The van der Waals surface area contributed by atoms with E-state index >= 15 is 0 Å². The number of hydrogen-bond acceptors (Lipinski definition) is 7. The Morgan fingerprint density at radius 1 is 1.17 bits per heavy atom. The maximum Gasteiger partial charge on any atom is 0.270 e. The zero-order chi connectivity index (χ0) is 21.0. The predicted molar refractivity (Wildman–Crippen MR) is 105 cm³/mol. The molecule has 2 aliphatic carbocycles. The smallest absolute Gasteiger partial charge is 0.270 e. The third-order valence-electron chi connectivity index (χ3n) is 6.03. The number of rotatable bonds is 5. The van der Waals surface area contributed by atoms with Crippen LogP contribution < -0.4 is 4.74 Å². The van der Waals surface area contributed by atoms with E-state index in [0.717, 1.165) is 11.4 Å². The number of nitro groups is 1. The molecule has 9 heteroatoms. The topological polar surface area (TPSA) is 115 Å². The van der Waals surface area contributed by atoms with Gasteiger partial charge in [-0.1, -0.05) is 12.2 Å². The molecule has 1 aliphatic heterocycles. The summed E-state index contributed by atoms with van der Waals surface area (Å²) < 4.78 is 11.0. The number of hydrogen-bond donors (Lipinski definition) is 0. The van der Waals surface area contributed by atoms with Crippen molar-refractivity contribution in [3.63, 3.8) is 0 Å². The minimum Gasteiger partial charge on any atom is -0.496 e. The summed E-state index contributed by atoms with van der Waals surface area (Å²) in [7, 11) is 1.46. The highest BCUT2D eigenvalue weighted by Crippen LogP contribution is 2.52. The lowest BCUT2D eigenvalue weighted by Crippen LogP contribution is -2.28. The molecule has 4 atom stereocenters. The number of carbonyl (C=O) groups excluding carboxylic acids is 2. The number of furan rings is 1. The molecule has 1 saturated carbocycles. The number of imide groups is 1. The van der Waals surface area contributed by atoms with Crippen LogP contribution in [0.1, 0.15) is 12.2 Å². The fourth-order valence-corrected chi connectivity index (χ4v) is 4.68. The summed E-state index contributed by atoms with van der Waals surface area (Å²) in [5.41, 5.74) is 0.317. The fourth-order valence-electron chi connectivity index (χ4n) is 4.68. The average molecular weight is 407 g/mol. The first kappa shape index (κ1) is 18.3. The van der Waals surface area contributed by atoms with E-state index in [1.54, 1.807) is 12.1 Å². The van der Waals surface area contributed by atoms with E-state index in [4.69, 9.17) is 9.15 Å². The zero-order valence-electron chi connectivity index (χ0n) is 15.9. The van der Waals surface area contributed by atoms with Gasteiger partial charge < -0.3 is 9.15 Å². The van der Waals surface area contributed by atoms with Crippen LogP contribution in [0.2, 0.25) is 0 Å². The lowest BCUT2D eigenvalue weighted by atomic mass is 9.85. The standard InChI is InChI=1S/C21H17N3O6/c1-29-16-6-4-13(24(27)28)9-15(16)17-7-5-14(30-17)10-22-23-20(25)18-11-2-3-12(8-11)19(18)21(23)26/h2-7,9-12,18-19H,8H2,1H3/b22-10-/t11-,12-,18-,19-/m0/s1. The molecule has 0 radical (unpaired) electrons. The van der Waals surface area contributed by atoms with Crippen molar-refractivity contribution in [2.75, 3.05) is 7.11 Å². The van der Waals surface area contributed by atoms with E-state index in [1.807, 2.05) is 12.2 Å². The van der Waals surface area contributed by atoms with Crippen LogP contribution in [0, 0.1) is 33.8 Å². The summed E-state index contributed by atoms with van der Waals surface area (Å²) >= 11 is 0. The number of fused-ring (bicyclic) bond motifs is 5. The van der Waals surface area contributed by atoms with Crippen LogP contribution in [0.4, 0.5) is 5.69 Å². The molecule has 30 heavy (non-hydrogen) atoms. The van der Waals surface area contributed by atoms with E-state index in [-0.39, 0.29) is 41.2 Å². The van der Waals surface area contributed by atoms with Crippen molar-refractivity contribution < 1.29 is 23.7 Å². The van der Waals surface area contributed by atoms with Crippen LogP contribution in [-0.2, 0) is 9.59 Å². The number of ether oxygens (including phenoxy) is 1. The lowest BCUT2D eigenvalue weighted by Gasteiger charge is -2.13. The number of allylic oxidation sites excluding steroid dienone is 2. The number of benzene rings is 1. The Morgan fingerprint density at radius 3 is 2.50 bits per heavy atom. The van der Waals surface area contributed by atoms with Gasteiger partial charge in [0, 0.05) is 12.1 Å². The molecule has 0 unspecified atom stereocenters. The predicted octanol–water partition coefficient (Wildman–Crippen LogP) is 3.00. The molecule has 2 aromatic rings. The van der Waals surface area contributed by atoms with Gasteiger partial charge >= 0.3 is 0 Å². The average Bonchev–Trinajstić information content (AvgIpc) is 3.51. The number of hydrazone groups is 1. The van der Waals surface area contributed by atoms with Crippen molar-refractivity contribution in [3.8, 4) is 17.1 Å². The summed E-state index contributed by atoms with van der Waals surface area (Å²) in [4.78, 5) is 35.9. The molecule has 1 saturated heterocycles. The molecule has 1 aromatic carbocycles. The van der Waals surface area contributed by atoms with Crippen LogP contribution in [0.3, 0.4) is 0 Å². The van der Waals surface area contributed by atoms with Gasteiger partial charge in [-0.3, -0.25) is 19.7 Å². The van der Waals surface area contributed by atoms with Gasteiger partial charge in [-0.05, 0) is 36.5 Å². The van der Waals surface area contributed by atoms with Crippen molar-refractivity contribution in [1.82, 2.24) is 5.01 Å². The minimum absolute atomic E-state index is 0.0968. The van der Waals surface area contributed by atoms with Crippen LogP contribution in [0.15, 0.2) is 52.0 Å². The highest BCUT2D eigenvalue weighted by Gasteiger charge is 2.59. The normalized spacial score (nSPS) is 26.8. The molecule has 2 heterocycles. The molecular weight excluding hydrogens is 390 g/mol. The lowest BCUT2D eigenvalue weighted by molar-refractivity contribution is -0.384. The van der Waals surface area contributed by atoms with E-state index in [9.17, 15) is 19.7 Å². The summed E-state index contributed by atoms with van der Waals surface area (Å²) in [5.74, 6) is 0.125. The molecule has 9 nitrogen and oxygen atoms in total. The molecule has 5 rings (SSSR count). The van der Waals surface area contributed by atoms with E-state index in [1.165, 1.54) is 31.5 Å². The third-order valence-corrected chi connectivity index (χ3v) is 6.03. The van der Waals surface area contributed by atoms with Crippen LogP contribution >= 0.6 is 0 Å². The molecular formula is C21H17N3O6. The van der Waals surface area contributed by atoms with Gasteiger partial charge in [-0.15, -0.1) is 0 Å². The van der Waals surface area contributed by atoms with Gasteiger partial charge in [0.15, 0.2) is 0 Å². The first-order chi connectivity index (χ1) is 14.5. The van der Waals surface area contributed by atoms with Crippen molar-refractivity contribution in [2.24, 2.45) is 28.8 Å². The number of methoxy groups -OCH3 is 1. The highest BCUT2D eigenvalue weighted by atomic mass is 16.6. The van der Waals surface area contributed by atoms with E-state index in [2.05, 4.69) is 5.10 Å². The molecule has 1 aromatic heterocycles. The third kappa shape index (κ3) is 2.66. The number of nitrogens with zero attached hydrogens (tertiary/aromatic N) is 3. The maximum absolute atomic E-state index is 12.7. The number of non-ortho nitro benzene ring substituents is 1. The molecule has 3 aliphatic rings. The van der Waals surface area contributed by atoms with Crippen LogP contribution in [0.25, 0.3) is 11.3 Å². The Labute approximate surface area is 170 Å². The molecule has 0 spiro atoms. The van der Waals surface area contributed by atoms with Gasteiger partial charge in [-0.2, -0.15) is 10.1 Å². The summed E-state index contributed by atoms with van der Waals surface area (Å²) in [6, 6.07) is 7.42. The molecule has 2 amide bonds. The SMILES string of the molecule is COc1ccc([N+](=O)[O-])cc1-c1ccc(/C=N\N2C(=O)[C@@H]3[C@@H](C2=O)[C@H]2C=C[C@H]3C2)o1. The summed E-state index contributed by atoms with van der Waals surface area (Å²) in [6.07, 6.45) is 6.21. The van der Waals surface area contributed by atoms with Crippen molar-refractivity contribution in [1.29, 1.82) is 0 Å². The second-order valence-electron chi connectivity index (χ2n) is 7.58. The Bertz CT molecular complexity index is 1100. The van der Waals surface area contributed by atoms with E-state index < -0.39 is 4.92 Å². The summed E-state index contributed by atoms with van der Waals surface area (Å²) in [5, 5.41) is 16.1. The summed E-state index contributed by atoms with van der Waals surface area (Å²) in [6.45, 7) is 0. The number of carbonyl (C=O) groups is 2. The van der Waals surface area contributed by atoms with Gasteiger partial charge in [0.05, 0.1) is 35.6 Å². The Balaban J connectivity index is 1.39. The minimum atomic E-state index is -0.502. The Hall–Kier alpha value is -3.75. The zero-order valence-corrected chi connectivity index (χ0v) is 15.9. The van der Waals surface area contributed by atoms with Crippen molar-refractivity contribution in [3.05, 3.63) is 58.4 Å². The molecule has 2 fully saturated rings. The number of nitro benzene ring substituents is 1. The molecule has 0 N–H and O–H groups in total. The van der Waals surface area contributed by atoms with Crippen LogP contribution in [-0.4, -0.2) is 35.1 Å². The monoisotopic (exact) mass is 407 g/mol. The first-order valence-corrected chi connectivity index (χ1v) is 9.50. The van der Waals surface area contributed by atoms with Gasteiger partial charge in [0.25, 0.3) is 17.5 Å². The highest BCUT2D eigenvalue weighted by molar-refractivity contribution is 6.06. The maximum atomic E-state index is 12.7. The number of amides is 2. The fraction of sp³-hybridized carbons (Fsp3) is 0.286. The Kier molecular flexibility index (Phi) is 4.05. The van der Waals surface area contributed by atoms with Gasteiger partial charge in [0.1, 0.15) is 17.3 Å². The largest absolute Gasteiger partial charge is 0.496 e. The first-order valence-electron chi connectivity index (χ1n) is 9.50. The second kappa shape index (κ2) is 6.65. The second-order valence-corrected chi connectivity index (χ2v) is 7.58. The van der Waals surface area contributed by atoms with Crippen molar-refractivity contribution in [2.45, 2.75) is 6.42 Å². The molecule has 2 bridgehead atoms. The quantitative estimate of drug-likeness (QED) is 0.247. The van der Waals surface area contributed by atoms with E-state index in [0.29, 0.717) is 22.8 Å². The van der Waals surface area contributed by atoms with Crippen LogP contribution in [0.5, 0.6) is 5.75 Å². The molecule has 152 valence electrons. The van der Waals surface area contributed by atoms with Gasteiger partial charge in [-0.25, -0.2) is 0 Å². The van der Waals surface area contributed by atoms with Crippen molar-refractivity contribution >= 4 is 23.7 Å². The Morgan fingerprint density at radius 2 is 1.87 bits per heavy atom.